The van der Waals surface area contributed by atoms with E-state index in [0.717, 1.165) is 13.2 Å². The lowest BCUT2D eigenvalue weighted by molar-refractivity contribution is -0.149. The maximum atomic E-state index is 11.4. The van der Waals surface area contributed by atoms with E-state index in [1.54, 1.807) is 13.0 Å². The van der Waals surface area contributed by atoms with Crippen molar-refractivity contribution < 1.29 is 28.9 Å². The molecule has 1 aromatic rings. The number of halogens is 1. The summed E-state index contributed by atoms with van der Waals surface area (Å²) in [4.78, 5) is 22.5. The molecule has 0 unspecified atom stereocenters. The molecule has 1 rings (SSSR count). The summed E-state index contributed by atoms with van der Waals surface area (Å²) in [5.41, 5.74) is 0.252. The molecule has 0 radical (unpaired) electrons. The molecule has 1 aromatic carbocycles. The number of carbonyl (C=O) groups is 2. The largest absolute Gasteiger partial charge is 0.507 e. The van der Waals surface area contributed by atoms with Gasteiger partial charge in [-0.3, -0.25) is 4.79 Å². The van der Waals surface area contributed by atoms with Crippen LogP contribution in [-0.2, 0) is 14.3 Å². The first-order chi connectivity index (χ1) is 9.94. The van der Waals surface area contributed by atoms with E-state index in [1.165, 1.54) is 13.2 Å². The number of hydrogen-bond donors (Lipinski definition) is 1. The predicted molar refractivity (Wildman–Crippen MR) is 79.5 cm³/mol. The number of benzene rings is 1. The van der Waals surface area contributed by atoms with Gasteiger partial charge in [-0.15, -0.1) is 0 Å². The molecule has 0 saturated heterocycles. The number of aliphatic hydroxyl groups excluding tert-OH is 1. The van der Waals surface area contributed by atoms with Crippen LogP contribution in [-0.4, -0.2) is 37.7 Å². The van der Waals surface area contributed by atoms with E-state index in [9.17, 15) is 14.7 Å². The third-order valence-corrected chi connectivity index (χ3v) is 3.10. The predicted octanol–water partition coefficient (Wildman–Crippen LogP) is 2.50. The first kappa shape index (κ1) is 17.0. The molecular weight excluding hydrogens is 344 g/mol. The molecule has 0 bridgehead atoms. The number of esters is 1. The average Bonchev–Trinajstić information content (AvgIpc) is 2.47. The molecule has 0 amide bonds. The molecule has 0 aliphatic rings. The highest BCUT2D eigenvalue weighted by atomic mass is 79.9. The zero-order chi connectivity index (χ0) is 16.0. The molecule has 0 spiro atoms. The van der Waals surface area contributed by atoms with Crippen molar-refractivity contribution in [3.05, 3.63) is 28.2 Å². The van der Waals surface area contributed by atoms with Gasteiger partial charge in [-0.05, 0) is 28.9 Å². The van der Waals surface area contributed by atoms with E-state index in [2.05, 4.69) is 20.7 Å². The summed E-state index contributed by atoms with van der Waals surface area (Å²) < 4.78 is 15.4. The van der Waals surface area contributed by atoms with Crippen molar-refractivity contribution in [3.8, 4) is 11.5 Å². The number of aliphatic hydroxyl groups is 1. The van der Waals surface area contributed by atoms with Crippen molar-refractivity contribution in [2.75, 3.05) is 20.8 Å². The van der Waals surface area contributed by atoms with Crippen LogP contribution in [0.25, 0.3) is 5.76 Å². The van der Waals surface area contributed by atoms with Crippen LogP contribution in [0.3, 0.4) is 0 Å². The van der Waals surface area contributed by atoms with Gasteiger partial charge in [0.05, 0.1) is 30.9 Å². The van der Waals surface area contributed by atoms with Crippen LogP contribution in [0.5, 0.6) is 11.5 Å². The lowest BCUT2D eigenvalue weighted by Gasteiger charge is -2.13. The van der Waals surface area contributed by atoms with Gasteiger partial charge in [-0.2, -0.15) is 0 Å². The maximum absolute atomic E-state index is 11.4. The Labute approximate surface area is 130 Å². The third-order valence-electron chi connectivity index (χ3n) is 2.48. The minimum absolute atomic E-state index is 0.252. The summed E-state index contributed by atoms with van der Waals surface area (Å²) in [5.74, 6) is -1.60. The van der Waals surface area contributed by atoms with E-state index < -0.39 is 17.5 Å². The van der Waals surface area contributed by atoms with Crippen molar-refractivity contribution in [2.24, 2.45) is 0 Å². The summed E-state index contributed by atoms with van der Waals surface area (Å²) >= 11 is 3.27. The Kier molecular flexibility index (Phi) is 6.23. The van der Waals surface area contributed by atoms with Gasteiger partial charge >= 0.3 is 5.97 Å². The molecule has 6 nitrogen and oxygen atoms in total. The van der Waals surface area contributed by atoms with Gasteiger partial charge in [0.1, 0.15) is 17.3 Å². The SMILES string of the molecule is CCOc1cc(OC)c(Br)cc1C(O)=CC(=O)C(=O)OC. The second kappa shape index (κ2) is 7.68. The first-order valence-corrected chi connectivity index (χ1v) is 6.77. The number of carbonyl (C=O) groups excluding carboxylic acids is 2. The first-order valence-electron chi connectivity index (χ1n) is 5.98. The highest BCUT2D eigenvalue weighted by Crippen LogP contribution is 2.35. The van der Waals surface area contributed by atoms with Crippen molar-refractivity contribution in [1.82, 2.24) is 0 Å². The molecule has 0 aliphatic heterocycles. The van der Waals surface area contributed by atoms with Crippen LogP contribution in [0.1, 0.15) is 12.5 Å². The minimum atomic E-state index is -1.06. The van der Waals surface area contributed by atoms with Crippen LogP contribution < -0.4 is 9.47 Å². The summed E-state index contributed by atoms with van der Waals surface area (Å²) in [6.45, 7) is 2.13. The smallest absolute Gasteiger partial charge is 0.378 e. The quantitative estimate of drug-likeness (QED) is 0.364. The fourth-order valence-electron chi connectivity index (χ4n) is 1.53. The van der Waals surface area contributed by atoms with Crippen molar-refractivity contribution in [3.63, 3.8) is 0 Å². The minimum Gasteiger partial charge on any atom is -0.507 e. The van der Waals surface area contributed by atoms with Crippen LogP contribution in [0.4, 0.5) is 0 Å². The Morgan fingerprint density at radius 3 is 2.48 bits per heavy atom. The third kappa shape index (κ3) is 4.22. The van der Waals surface area contributed by atoms with Crippen LogP contribution in [0.2, 0.25) is 0 Å². The Bertz CT molecular complexity index is 579. The van der Waals surface area contributed by atoms with Crippen LogP contribution >= 0.6 is 15.9 Å². The molecule has 0 atom stereocenters. The van der Waals surface area contributed by atoms with Crippen LogP contribution in [0.15, 0.2) is 22.7 Å². The molecular formula is C14H15BrO6. The number of ketones is 1. The van der Waals surface area contributed by atoms with Gasteiger partial charge in [0, 0.05) is 12.1 Å². The fraction of sp³-hybridized carbons (Fsp3) is 0.286. The lowest BCUT2D eigenvalue weighted by Crippen LogP contribution is -2.13. The molecule has 0 fully saturated rings. The highest BCUT2D eigenvalue weighted by molar-refractivity contribution is 9.10. The Balaban J connectivity index is 3.27. The zero-order valence-corrected chi connectivity index (χ0v) is 13.4. The molecule has 114 valence electrons. The monoisotopic (exact) mass is 358 g/mol. The summed E-state index contributed by atoms with van der Waals surface area (Å²) in [5, 5.41) is 10.0. The fourth-order valence-corrected chi connectivity index (χ4v) is 2.03. The highest BCUT2D eigenvalue weighted by Gasteiger charge is 2.17. The van der Waals surface area contributed by atoms with Crippen LogP contribution in [0, 0.1) is 0 Å². The van der Waals surface area contributed by atoms with E-state index in [4.69, 9.17) is 9.47 Å². The molecule has 0 aromatic heterocycles. The number of methoxy groups -OCH3 is 2. The van der Waals surface area contributed by atoms with Crippen molar-refractivity contribution >= 4 is 33.4 Å². The second-order valence-corrected chi connectivity index (χ2v) is 4.66. The number of rotatable bonds is 6. The van der Waals surface area contributed by atoms with Gasteiger partial charge in [-0.25, -0.2) is 4.79 Å². The van der Waals surface area contributed by atoms with Gasteiger partial charge < -0.3 is 19.3 Å². The van der Waals surface area contributed by atoms with Gasteiger partial charge in [0.2, 0.25) is 0 Å². The average molecular weight is 359 g/mol. The Morgan fingerprint density at radius 1 is 1.29 bits per heavy atom. The normalized spacial score (nSPS) is 11.0. The van der Waals surface area contributed by atoms with Gasteiger partial charge in [0.15, 0.2) is 0 Å². The van der Waals surface area contributed by atoms with E-state index in [0.29, 0.717) is 22.6 Å². The molecule has 21 heavy (non-hydrogen) atoms. The lowest BCUT2D eigenvalue weighted by atomic mass is 10.1. The topological polar surface area (TPSA) is 82.1 Å². The molecule has 0 heterocycles. The summed E-state index contributed by atoms with van der Waals surface area (Å²) in [7, 11) is 2.58. The molecule has 1 N–H and O–H groups in total. The standard InChI is InChI=1S/C14H15BrO6/c1-4-21-12-7-13(19-2)9(15)5-8(12)10(16)6-11(17)14(18)20-3/h5-7,16H,4H2,1-3H3. The van der Waals surface area contributed by atoms with Crippen molar-refractivity contribution in [1.29, 1.82) is 0 Å². The number of hydrogen-bond acceptors (Lipinski definition) is 6. The van der Waals surface area contributed by atoms with Gasteiger partial charge in [-0.1, -0.05) is 0 Å². The molecule has 0 saturated carbocycles. The zero-order valence-electron chi connectivity index (χ0n) is 11.8. The van der Waals surface area contributed by atoms with E-state index in [1.807, 2.05) is 0 Å². The Hall–Kier alpha value is -2.02. The summed E-state index contributed by atoms with van der Waals surface area (Å²) in [6, 6.07) is 3.09. The van der Waals surface area contributed by atoms with E-state index in [-0.39, 0.29) is 5.56 Å². The van der Waals surface area contributed by atoms with Crippen molar-refractivity contribution in [2.45, 2.75) is 6.92 Å². The number of ether oxygens (including phenoxy) is 3. The molecule has 7 heteroatoms. The maximum Gasteiger partial charge on any atom is 0.378 e. The molecule has 0 aliphatic carbocycles. The Morgan fingerprint density at radius 2 is 1.95 bits per heavy atom. The second-order valence-electron chi connectivity index (χ2n) is 3.80. The summed E-state index contributed by atoms with van der Waals surface area (Å²) in [6.07, 6.45) is 0.780. The van der Waals surface area contributed by atoms with Gasteiger partial charge in [0.25, 0.3) is 5.78 Å². The van der Waals surface area contributed by atoms with E-state index >= 15 is 0 Å².